The van der Waals surface area contributed by atoms with E-state index >= 15 is 0 Å². The maximum atomic E-state index is 13.4. The fraction of sp³-hybridized carbons (Fsp3) is 0.344. The minimum absolute atomic E-state index is 0.0497. The largest absolute Gasteiger partial charge is 0.399 e. The molecule has 0 spiro atoms. The van der Waals surface area contributed by atoms with Crippen molar-refractivity contribution in [3.8, 4) is 0 Å². The first kappa shape index (κ1) is 30.0. The molecule has 2 aliphatic rings. The minimum atomic E-state index is -3.66. The molecule has 4 aromatic rings. The van der Waals surface area contributed by atoms with Crippen LogP contribution < -0.4 is 20.4 Å². The van der Waals surface area contributed by atoms with E-state index in [1.807, 2.05) is 38.4 Å². The number of sulfonamides is 1. The van der Waals surface area contributed by atoms with Gasteiger partial charge >= 0.3 is 0 Å². The van der Waals surface area contributed by atoms with E-state index in [9.17, 15) is 13.2 Å². The lowest BCUT2D eigenvalue weighted by Crippen LogP contribution is -2.48. The molecule has 1 aromatic heterocycles. The summed E-state index contributed by atoms with van der Waals surface area (Å²) in [6.07, 6.45) is 2.10. The molecule has 6 rings (SSSR count). The molecule has 1 atom stereocenters. The fourth-order valence-electron chi connectivity index (χ4n) is 5.74. The number of nitrogens with two attached hydrogens (primary N) is 1. The standard InChI is InChI=1S/C32H37N7O3S2/c1-36(2)26-11-5-23(6-12-26)22-29(24-7-9-25(33)10-8-24)31-34-32(43-35-31)37-18-20-38(21-19-37)44(41,42)28-15-13-27(14-16-28)39-17-3-4-30(39)40/h5-16,29H,3-4,17-22,33H2,1-2H3. The van der Waals surface area contributed by atoms with E-state index in [4.69, 9.17) is 15.1 Å². The number of carbonyl (C=O) groups is 1. The van der Waals surface area contributed by atoms with Crippen LogP contribution in [0.5, 0.6) is 0 Å². The molecule has 10 nitrogen and oxygen atoms in total. The van der Waals surface area contributed by atoms with Crippen LogP contribution in [-0.4, -0.2) is 74.8 Å². The molecule has 44 heavy (non-hydrogen) atoms. The molecule has 0 saturated carbocycles. The lowest BCUT2D eigenvalue weighted by atomic mass is 9.91. The number of hydrogen-bond donors (Lipinski definition) is 1. The molecular weight excluding hydrogens is 595 g/mol. The van der Waals surface area contributed by atoms with Gasteiger partial charge in [-0.3, -0.25) is 4.79 Å². The van der Waals surface area contributed by atoms with Crippen LogP contribution in [0.15, 0.2) is 77.7 Å². The Bertz CT molecular complexity index is 1700. The van der Waals surface area contributed by atoms with Crippen molar-refractivity contribution in [2.45, 2.75) is 30.1 Å². The van der Waals surface area contributed by atoms with Crippen molar-refractivity contribution in [2.75, 3.05) is 67.3 Å². The highest BCUT2D eigenvalue weighted by atomic mass is 32.2. The fourth-order valence-corrected chi connectivity index (χ4v) is 7.93. The van der Waals surface area contributed by atoms with Crippen LogP contribution in [0.3, 0.4) is 0 Å². The van der Waals surface area contributed by atoms with Gasteiger partial charge in [-0.1, -0.05) is 24.3 Å². The predicted octanol–water partition coefficient (Wildman–Crippen LogP) is 4.20. The third-order valence-corrected chi connectivity index (χ3v) is 11.0. The second-order valence-corrected chi connectivity index (χ2v) is 14.1. The molecule has 1 amide bonds. The summed E-state index contributed by atoms with van der Waals surface area (Å²) in [5.74, 6) is 0.777. The van der Waals surface area contributed by atoms with E-state index in [0.29, 0.717) is 44.8 Å². The number of nitrogens with zero attached hydrogens (tertiary/aromatic N) is 6. The van der Waals surface area contributed by atoms with E-state index in [1.165, 1.54) is 21.4 Å². The molecule has 3 heterocycles. The Morgan fingerprint density at radius 3 is 2.20 bits per heavy atom. The normalized spacial score (nSPS) is 16.8. The Balaban J connectivity index is 1.14. The van der Waals surface area contributed by atoms with Crippen LogP contribution in [0.1, 0.15) is 35.7 Å². The number of nitrogen functional groups attached to an aromatic ring is 1. The highest BCUT2D eigenvalue weighted by Crippen LogP contribution is 2.32. The first-order valence-corrected chi connectivity index (χ1v) is 17.0. The van der Waals surface area contributed by atoms with E-state index in [0.717, 1.165) is 40.7 Å². The van der Waals surface area contributed by atoms with Crippen molar-refractivity contribution in [2.24, 2.45) is 0 Å². The maximum absolute atomic E-state index is 13.4. The molecule has 0 radical (unpaired) electrons. The van der Waals surface area contributed by atoms with Crippen LogP contribution in [0.2, 0.25) is 0 Å². The van der Waals surface area contributed by atoms with Crippen molar-refractivity contribution in [3.63, 3.8) is 0 Å². The smallest absolute Gasteiger partial charge is 0.243 e. The summed E-state index contributed by atoms with van der Waals surface area (Å²) in [4.78, 5) is 23.2. The van der Waals surface area contributed by atoms with E-state index in [-0.39, 0.29) is 16.7 Å². The van der Waals surface area contributed by atoms with Crippen LogP contribution in [0.25, 0.3) is 0 Å². The molecular formula is C32H37N7O3S2. The minimum Gasteiger partial charge on any atom is -0.399 e. The molecule has 1 unspecified atom stereocenters. The van der Waals surface area contributed by atoms with E-state index in [1.54, 1.807) is 29.2 Å². The quantitative estimate of drug-likeness (QED) is 0.274. The van der Waals surface area contributed by atoms with Gasteiger partial charge in [0.25, 0.3) is 0 Å². The highest BCUT2D eigenvalue weighted by molar-refractivity contribution is 7.89. The van der Waals surface area contributed by atoms with Gasteiger partial charge < -0.3 is 20.4 Å². The molecule has 0 aliphatic carbocycles. The first-order valence-electron chi connectivity index (χ1n) is 14.8. The average Bonchev–Trinajstić information content (AvgIpc) is 3.70. The van der Waals surface area contributed by atoms with Gasteiger partial charge in [0, 0.05) is 87.8 Å². The average molecular weight is 632 g/mol. The Labute approximate surface area is 262 Å². The van der Waals surface area contributed by atoms with Gasteiger partial charge in [0.05, 0.1) is 4.90 Å². The Kier molecular flexibility index (Phi) is 8.57. The van der Waals surface area contributed by atoms with Gasteiger partial charge in [0.1, 0.15) is 0 Å². The van der Waals surface area contributed by atoms with Gasteiger partial charge in [-0.05, 0) is 72.5 Å². The number of amides is 1. The van der Waals surface area contributed by atoms with Gasteiger partial charge in [-0.2, -0.15) is 8.68 Å². The van der Waals surface area contributed by atoms with E-state index in [2.05, 4.69) is 34.1 Å². The zero-order chi connectivity index (χ0) is 30.8. The molecule has 2 fully saturated rings. The molecule has 3 aromatic carbocycles. The topological polar surface area (TPSA) is 116 Å². The third-order valence-electron chi connectivity index (χ3n) is 8.34. The molecule has 2 saturated heterocycles. The number of carbonyl (C=O) groups excluding carboxylic acids is 1. The number of anilines is 4. The summed E-state index contributed by atoms with van der Waals surface area (Å²) < 4.78 is 33.2. The summed E-state index contributed by atoms with van der Waals surface area (Å²) in [7, 11) is 0.398. The number of piperazine rings is 1. The SMILES string of the molecule is CN(C)c1ccc(CC(c2ccc(N)cc2)c2nsc(N3CCN(S(=O)(=O)c4ccc(N5CCCC5=O)cc4)CC3)n2)cc1. The molecule has 2 aliphatic heterocycles. The van der Waals surface area contributed by atoms with Crippen LogP contribution in [0.4, 0.5) is 22.2 Å². The summed E-state index contributed by atoms with van der Waals surface area (Å²) in [5, 5.41) is 0.792. The second kappa shape index (κ2) is 12.5. The highest BCUT2D eigenvalue weighted by Gasteiger charge is 2.31. The van der Waals surface area contributed by atoms with Crippen molar-refractivity contribution in [3.05, 3.63) is 89.7 Å². The number of rotatable bonds is 9. The van der Waals surface area contributed by atoms with Gasteiger partial charge in [-0.25, -0.2) is 13.4 Å². The third kappa shape index (κ3) is 6.28. The Hall–Kier alpha value is -4.00. The lowest BCUT2D eigenvalue weighted by Gasteiger charge is -2.33. The second-order valence-electron chi connectivity index (χ2n) is 11.5. The van der Waals surface area contributed by atoms with Gasteiger partial charge in [0.2, 0.25) is 21.1 Å². The molecule has 230 valence electrons. The summed E-state index contributed by atoms with van der Waals surface area (Å²) in [6, 6.07) is 23.1. The van der Waals surface area contributed by atoms with Crippen molar-refractivity contribution in [1.82, 2.24) is 13.7 Å². The van der Waals surface area contributed by atoms with Crippen molar-refractivity contribution < 1.29 is 13.2 Å². The monoisotopic (exact) mass is 631 g/mol. The summed E-state index contributed by atoms with van der Waals surface area (Å²) in [5.41, 5.74) is 10.9. The zero-order valence-corrected chi connectivity index (χ0v) is 26.6. The number of benzene rings is 3. The summed E-state index contributed by atoms with van der Waals surface area (Å²) >= 11 is 1.35. The van der Waals surface area contributed by atoms with Crippen LogP contribution in [0, 0.1) is 0 Å². The Morgan fingerprint density at radius 2 is 1.59 bits per heavy atom. The first-order chi connectivity index (χ1) is 21.2. The zero-order valence-electron chi connectivity index (χ0n) is 25.0. The molecule has 0 bridgehead atoms. The predicted molar refractivity (Wildman–Crippen MR) is 176 cm³/mol. The Morgan fingerprint density at radius 1 is 0.909 bits per heavy atom. The maximum Gasteiger partial charge on any atom is 0.243 e. The molecule has 2 N–H and O–H groups in total. The summed E-state index contributed by atoms with van der Waals surface area (Å²) in [6.45, 7) is 2.41. The van der Waals surface area contributed by atoms with Crippen LogP contribution in [-0.2, 0) is 21.2 Å². The number of aromatic nitrogens is 2. The van der Waals surface area contributed by atoms with Gasteiger partial charge in [-0.15, -0.1) is 0 Å². The van der Waals surface area contributed by atoms with Gasteiger partial charge in [0.15, 0.2) is 5.82 Å². The molecule has 12 heteroatoms. The van der Waals surface area contributed by atoms with Crippen molar-refractivity contribution in [1.29, 1.82) is 0 Å². The lowest BCUT2D eigenvalue weighted by molar-refractivity contribution is -0.117. The van der Waals surface area contributed by atoms with E-state index < -0.39 is 10.0 Å². The number of hydrogen-bond acceptors (Lipinski definition) is 9. The van der Waals surface area contributed by atoms with Crippen molar-refractivity contribution >= 4 is 49.7 Å². The van der Waals surface area contributed by atoms with Crippen LogP contribution >= 0.6 is 11.5 Å².